The van der Waals surface area contributed by atoms with Crippen LogP contribution >= 0.6 is 12.4 Å². The van der Waals surface area contributed by atoms with E-state index in [1.807, 2.05) is 0 Å². The summed E-state index contributed by atoms with van der Waals surface area (Å²) in [6.45, 7) is 7.18. The van der Waals surface area contributed by atoms with Gasteiger partial charge in [0.1, 0.15) is 0 Å². The Morgan fingerprint density at radius 2 is 2.00 bits per heavy atom. The van der Waals surface area contributed by atoms with Crippen molar-refractivity contribution in [2.24, 2.45) is 17.1 Å². The maximum absolute atomic E-state index is 12.8. The molecule has 1 aliphatic heterocycles. The van der Waals surface area contributed by atoms with Crippen LogP contribution in [0, 0.1) is 11.3 Å². The molecule has 0 aromatic heterocycles. The summed E-state index contributed by atoms with van der Waals surface area (Å²) < 4.78 is 5.59. The summed E-state index contributed by atoms with van der Waals surface area (Å²) >= 11 is 0. The quantitative estimate of drug-likeness (QED) is 0.842. The topological polar surface area (TPSA) is 55.6 Å². The summed E-state index contributed by atoms with van der Waals surface area (Å²) in [6.07, 6.45) is 7.65. The van der Waals surface area contributed by atoms with Crippen molar-refractivity contribution in [3.05, 3.63) is 0 Å². The maximum Gasteiger partial charge on any atom is 0.223 e. The number of nitrogens with zero attached hydrogens (tertiary/aromatic N) is 1. The summed E-state index contributed by atoms with van der Waals surface area (Å²) in [7, 11) is 0. The van der Waals surface area contributed by atoms with Gasteiger partial charge in [0.05, 0.1) is 19.3 Å². The molecule has 5 heteroatoms. The molecule has 1 heterocycles. The lowest BCUT2D eigenvalue weighted by molar-refractivity contribution is -0.143. The minimum Gasteiger partial charge on any atom is -0.377 e. The Morgan fingerprint density at radius 1 is 1.32 bits per heavy atom. The summed E-state index contributed by atoms with van der Waals surface area (Å²) in [6, 6.07) is 0.254. The van der Waals surface area contributed by atoms with Gasteiger partial charge in [0, 0.05) is 13.0 Å². The summed E-state index contributed by atoms with van der Waals surface area (Å²) in [5.41, 5.74) is 6.10. The molecule has 1 amide bonds. The van der Waals surface area contributed by atoms with E-state index in [2.05, 4.69) is 18.7 Å². The number of amides is 1. The number of halogens is 1. The monoisotopic (exact) mass is 332 g/mol. The normalized spacial score (nSPS) is 24.9. The highest BCUT2D eigenvalue weighted by Gasteiger charge is 2.36. The molecule has 0 radical (unpaired) electrons. The van der Waals surface area contributed by atoms with Crippen molar-refractivity contribution in [3.8, 4) is 0 Å². The van der Waals surface area contributed by atoms with Gasteiger partial charge in [-0.05, 0) is 37.1 Å². The average molecular weight is 333 g/mol. The lowest BCUT2D eigenvalue weighted by Gasteiger charge is -2.41. The van der Waals surface area contributed by atoms with Crippen LogP contribution < -0.4 is 5.73 Å². The van der Waals surface area contributed by atoms with Crippen LogP contribution in [-0.4, -0.2) is 43.2 Å². The van der Waals surface area contributed by atoms with Gasteiger partial charge in [0.15, 0.2) is 0 Å². The highest BCUT2D eigenvalue weighted by Crippen LogP contribution is 2.39. The second-order valence-corrected chi connectivity index (χ2v) is 7.39. The van der Waals surface area contributed by atoms with Gasteiger partial charge in [-0.2, -0.15) is 0 Å². The molecule has 0 aromatic carbocycles. The largest absolute Gasteiger partial charge is 0.377 e. The molecule has 22 heavy (non-hydrogen) atoms. The number of rotatable bonds is 5. The Kier molecular flexibility index (Phi) is 8.15. The van der Waals surface area contributed by atoms with E-state index in [4.69, 9.17) is 10.5 Å². The molecule has 0 bridgehead atoms. The molecule has 1 aliphatic carbocycles. The highest BCUT2D eigenvalue weighted by atomic mass is 35.5. The number of hydrogen-bond acceptors (Lipinski definition) is 3. The van der Waals surface area contributed by atoms with E-state index in [0.29, 0.717) is 38.0 Å². The van der Waals surface area contributed by atoms with Crippen LogP contribution in [0.4, 0.5) is 0 Å². The molecule has 1 atom stereocenters. The molecule has 130 valence electrons. The number of hydrogen-bond donors (Lipinski definition) is 1. The number of carbonyl (C=O) groups excluding carboxylic acids is 1. The van der Waals surface area contributed by atoms with Gasteiger partial charge in [0.2, 0.25) is 5.91 Å². The van der Waals surface area contributed by atoms with Gasteiger partial charge in [-0.1, -0.05) is 33.1 Å². The van der Waals surface area contributed by atoms with Crippen molar-refractivity contribution >= 4 is 18.3 Å². The lowest BCUT2D eigenvalue weighted by atomic mass is 9.71. The summed E-state index contributed by atoms with van der Waals surface area (Å²) in [4.78, 5) is 14.9. The average Bonchev–Trinajstić information content (AvgIpc) is 2.48. The van der Waals surface area contributed by atoms with E-state index >= 15 is 0 Å². The van der Waals surface area contributed by atoms with Gasteiger partial charge in [-0.15, -0.1) is 12.4 Å². The summed E-state index contributed by atoms with van der Waals surface area (Å²) in [5.74, 6) is 0.890. The van der Waals surface area contributed by atoms with Gasteiger partial charge in [-0.3, -0.25) is 4.79 Å². The summed E-state index contributed by atoms with van der Waals surface area (Å²) in [5, 5.41) is 0. The van der Waals surface area contributed by atoms with Crippen LogP contribution in [0.15, 0.2) is 0 Å². The number of nitrogens with two attached hydrogens (primary N) is 1. The number of ether oxygens (including phenoxy) is 1. The first-order valence-electron chi connectivity index (χ1n) is 8.63. The molecule has 2 fully saturated rings. The van der Waals surface area contributed by atoms with E-state index in [9.17, 15) is 4.79 Å². The van der Waals surface area contributed by atoms with E-state index in [1.165, 1.54) is 19.3 Å². The molecular formula is C17H33ClN2O2. The van der Waals surface area contributed by atoms with Crippen molar-refractivity contribution in [2.75, 3.05) is 26.3 Å². The van der Waals surface area contributed by atoms with Crippen molar-refractivity contribution in [1.29, 1.82) is 0 Å². The highest BCUT2D eigenvalue weighted by molar-refractivity contribution is 5.85. The zero-order valence-corrected chi connectivity index (χ0v) is 15.0. The smallest absolute Gasteiger partial charge is 0.223 e. The fraction of sp³-hybridized carbons (Fsp3) is 0.941. The van der Waals surface area contributed by atoms with E-state index in [1.54, 1.807) is 0 Å². The molecule has 2 N–H and O–H groups in total. The molecule has 0 aromatic rings. The molecule has 2 aliphatic rings. The predicted octanol–water partition coefficient (Wildman–Crippen LogP) is 2.98. The molecule has 4 nitrogen and oxygen atoms in total. The van der Waals surface area contributed by atoms with Crippen LogP contribution in [-0.2, 0) is 9.53 Å². The number of morpholine rings is 1. The Bertz CT molecular complexity index is 344. The van der Waals surface area contributed by atoms with Crippen LogP contribution in [0.3, 0.4) is 0 Å². The van der Waals surface area contributed by atoms with Crippen molar-refractivity contribution in [1.82, 2.24) is 4.90 Å². The van der Waals surface area contributed by atoms with Crippen LogP contribution in [0.1, 0.15) is 58.8 Å². The minimum atomic E-state index is 0. The third kappa shape index (κ3) is 5.10. The van der Waals surface area contributed by atoms with Crippen LogP contribution in [0.2, 0.25) is 0 Å². The standard InChI is InChI=1S/C17H32N2O2.ClH/c1-14(2)10-15-12-21-9-8-19(15)16(20)11-17(13-18)6-4-3-5-7-17;/h14-15H,3-13,18H2,1-2H3;1H. The Balaban J connectivity index is 0.00000242. The Morgan fingerprint density at radius 3 is 2.59 bits per heavy atom. The zero-order valence-electron chi connectivity index (χ0n) is 14.2. The number of carbonyl (C=O) groups is 1. The van der Waals surface area contributed by atoms with E-state index in [0.717, 1.165) is 25.8 Å². The first-order valence-corrected chi connectivity index (χ1v) is 8.63. The molecule has 1 saturated heterocycles. The minimum absolute atomic E-state index is 0. The van der Waals surface area contributed by atoms with Gasteiger partial charge >= 0.3 is 0 Å². The maximum atomic E-state index is 12.8. The Hall–Kier alpha value is -0.320. The Labute approximate surface area is 141 Å². The van der Waals surface area contributed by atoms with Crippen molar-refractivity contribution in [3.63, 3.8) is 0 Å². The van der Waals surface area contributed by atoms with E-state index in [-0.39, 0.29) is 23.9 Å². The van der Waals surface area contributed by atoms with Crippen molar-refractivity contribution in [2.45, 2.75) is 64.8 Å². The fourth-order valence-corrected chi connectivity index (χ4v) is 3.90. The van der Waals surface area contributed by atoms with Gasteiger partial charge in [0.25, 0.3) is 0 Å². The third-order valence-electron chi connectivity index (χ3n) is 5.16. The second-order valence-electron chi connectivity index (χ2n) is 7.39. The zero-order chi connectivity index (χ0) is 15.3. The first kappa shape index (κ1) is 19.7. The molecule has 1 saturated carbocycles. The molecule has 0 spiro atoms. The van der Waals surface area contributed by atoms with Crippen LogP contribution in [0.25, 0.3) is 0 Å². The van der Waals surface area contributed by atoms with Gasteiger partial charge < -0.3 is 15.4 Å². The van der Waals surface area contributed by atoms with Crippen LogP contribution in [0.5, 0.6) is 0 Å². The molecule has 1 unspecified atom stereocenters. The van der Waals surface area contributed by atoms with Crippen molar-refractivity contribution < 1.29 is 9.53 Å². The predicted molar refractivity (Wildman–Crippen MR) is 92.2 cm³/mol. The SMILES string of the molecule is CC(C)CC1COCCN1C(=O)CC1(CN)CCCCC1.Cl. The van der Waals surface area contributed by atoms with Gasteiger partial charge in [-0.25, -0.2) is 0 Å². The third-order valence-corrected chi connectivity index (χ3v) is 5.16. The fourth-order valence-electron chi connectivity index (χ4n) is 3.90. The van der Waals surface area contributed by atoms with E-state index < -0.39 is 0 Å². The second kappa shape index (κ2) is 9.09. The first-order chi connectivity index (χ1) is 10.1. The molecular weight excluding hydrogens is 300 g/mol. The molecule has 2 rings (SSSR count). The lowest BCUT2D eigenvalue weighted by Crippen LogP contribution is -2.51.